The number of nitrogens with one attached hydrogen (secondary N) is 1. The van der Waals surface area contributed by atoms with Crippen LogP contribution in [0.2, 0.25) is 0 Å². The Morgan fingerprint density at radius 3 is 2.65 bits per heavy atom. The van der Waals surface area contributed by atoms with Crippen molar-refractivity contribution in [3.63, 3.8) is 0 Å². The first-order chi connectivity index (χ1) is 14.9. The van der Waals surface area contributed by atoms with Gasteiger partial charge in [0.05, 0.1) is 25.3 Å². The molecule has 1 saturated heterocycles. The van der Waals surface area contributed by atoms with Gasteiger partial charge in [0.1, 0.15) is 11.6 Å². The molecule has 1 fully saturated rings. The number of benzene rings is 1. The third-order valence-electron chi connectivity index (χ3n) is 5.27. The fourth-order valence-corrected chi connectivity index (χ4v) is 3.81. The minimum absolute atomic E-state index is 0.240. The molecule has 3 rings (SSSR count). The second kappa shape index (κ2) is 11.5. The summed E-state index contributed by atoms with van der Waals surface area (Å²) in [4.78, 5) is 19.6. The van der Waals surface area contributed by atoms with E-state index in [-0.39, 0.29) is 5.91 Å². The largest absolute Gasteiger partial charge is 0.496 e. The molecule has 1 aliphatic heterocycles. The van der Waals surface area contributed by atoms with Gasteiger partial charge < -0.3 is 19.7 Å². The topological polar surface area (TPSA) is 63.7 Å². The van der Waals surface area contributed by atoms with Crippen molar-refractivity contribution in [3.8, 4) is 5.75 Å². The number of carbonyl (C=O) groups excluding carboxylic acids is 1. The Balaban J connectivity index is 0.00000166. The number of nitrogens with zero attached hydrogens (tertiary/aromatic N) is 2. The van der Waals surface area contributed by atoms with Crippen molar-refractivity contribution in [2.45, 2.75) is 46.6 Å². The maximum atomic E-state index is 12.8. The van der Waals surface area contributed by atoms with Crippen LogP contribution >= 0.6 is 0 Å². The number of rotatable bonds is 7. The van der Waals surface area contributed by atoms with Crippen molar-refractivity contribution in [3.05, 3.63) is 59.3 Å². The molecule has 1 atom stereocenters. The molecule has 1 aliphatic rings. The van der Waals surface area contributed by atoms with Crippen LogP contribution in [0, 0.1) is 13.8 Å². The molecule has 1 aromatic carbocycles. The van der Waals surface area contributed by atoms with Crippen molar-refractivity contribution >= 4 is 17.4 Å². The smallest absolute Gasteiger partial charge is 0.257 e. The Hall–Kier alpha value is -2.86. The highest BCUT2D eigenvalue weighted by Crippen LogP contribution is 2.28. The van der Waals surface area contributed by atoms with Gasteiger partial charge in [-0.15, -0.1) is 0 Å². The Morgan fingerprint density at radius 1 is 1.26 bits per heavy atom. The van der Waals surface area contributed by atoms with Crippen molar-refractivity contribution in [2.24, 2.45) is 0 Å². The zero-order valence-electron chi connectivity index (χ0n) is 19.6. The normalized spacial score (nSPS) is 15.2. The molecule has 168 valence electrons. The van der Waals surface area contributed by atoms with E-state index in [0.29, 0.717) is 29.7 Å². The number of hydrogen-bond donors (Lipinski definition) is 1. The first kappa shape index (κ1) is 24.4. The van der Waals surface area contributed by atoms with E-state index in [4.69, 9.17) is 9.47 Å². The number of amides is 1. The summed E-state index contributed by atoms with van der Waals surface area (Å²) in [5.41, 5.74) is 3.80. The summed E-state index contributed by atoms with van der Waals surface area (Å²) >= 11 is 0. The van der Waals surface area contributed by atoms with Crippen molar-refractivity contribution in [1.82, 2.24) is 10.3 Å². The lowest BCUT2D eigenvalue weighted by Crippen LogP contribution is -2.34. The number of pyridine rings is 1. The Kier molecular flexibility index (Phi) is 9.06. The maximum absolute atomic E-state index is 12.8. The predicted molar refractivity (Wildman–Crippen MR) is 127 cm³/mol. The summed E-state index contributed by atoms with van der Waals surface area (Å²) in [5.74, 6) is 1.35. The van der Waals surface area contributed by atoms with E-state index in [1.165, 1.54) is 0 Å². The SMILES string of the molecule is C=C(NC(=O)c1cnc(N2CCCC2COC)c(C)c1)c1cc(C)ccc1OC.CC. The lowest BCUT2D eigenvalue weighted by molar-refractivity contribution is 0.0973. The molecule has 1 unspecified atom stereocenters. The second-order valence-electron chi connectivity index (χ2n) is 7.45. The van der Waals surface area contributed by atoms with E-state index >= 15 is 0 Å². The fourth-order valence-electron chi connectivity index (χ4n) is 3.81. The molecule has 6 nitrogen and oxygen atoms in total. The Bertz CT molecular complexity index is 911. The van der Waals surface area contributed by atoms with Crippen LogP contribution in [-0.2, 0) is 4.74 Å². The first-order valence-corrected chi connectivity index (χ1v) is 10.8. The molecule has 0 bridgehead atoms. The number of aryl methyl sites for hydroxylation is 2. The molecule has 1 N–H and O–H groups in total. The summed E-state index contributed by atoms with van der Waals surface area (Å²) in [6.45, 7) is 13.6. The fraction of sp³-hybridized carbons (Fsp3) is 0.440. The van der Waals surface area contributed by atoms with Gasteiger partial charge >= 0.3 is 0 Å². The van der Waals surface area contributed by atoms with Crippen LogP contribution in [0.1, 0.15) is 53.7 Å². The summed E-state index contributed by atoms with van der Waals surface area (Å²) in [6, 6.07) is 7.98. The van der Waals surface area contributed by atoms with Gasteiger partial charge in [0, 0.05) is 31.1 Å². The monoisotopic (exact) mass is 425 g/mol. The summed E-state index contributed by atoms with van der Waals surface area (Å²) in [6.07, 6.45) is 3.84. The quantitative estimate of drug-likeness (QED) is 0.694. The number of ether oxygens (including phenoxy) is 2. The zero-order chi connectivity index (χ0) is 23.0. The Morgan fingerprint density at radius 2 is 2.00 bits per heavy atom. The Labute approximate surface area is 186 Å². The molecule has 31 heavy (non-hydrogen) atoms. The molecule has 0 radical (unpaired) electrons. The molecule has 2 heterocycles. The van der Waals surface area contributed by atoms with Gasteiger partial charge in [0.25, 0.3) is 5.91 Å². The molecule has 6 heteroatoms. The maximum Gasteiger partial charge on any atom is 0.257 e. The van der Waals surface area contributed by atoms with E-state index in [2.05, 4.69) is 21.8 Å². The molecule has 0 saturated carbocycles. The van der Waals surface area contributed by atoms with E-state index < -0.39 is 0 Å². The van der Waals surface area contributed by atoms with Crippen LogP contribution in [0.4, 0.5) is 5.82 Å². The van der Waals surface area contributed by atoms with Crippen LogP contribution in [-0.4, -0.2) is 44.3 Å². The number of methoxy groups -OCH3 is 2. The van der Waals surface area contributed by atoms with Crippen LogP contribution in [0.15, 0.2) is 37.0 Å². The molecule has 0 spiro atoms. The lowest BCUT2D eigenvalue weighted by atomic mass is 10.1. The number of hydrogen-bond acceptors (Lipinski definition) is 5. The van der Waals surface area contributed by atoms with Gasteiger partial charge in [0.15, 0.2) is 0 Å². The third-order valence-corrected chi connectivity index (χ3v) is 5.27. The van der Waals surface area contributed by atoms with E-state index in [1.807, 2.05) is 52.0 Å². The van der Waals surface area contributed by atoms with Crippen LogP contribution < -0.4 is 15.0 Å². The van der Waals surface area contributed by atoms with Gasteiger partial charge in [-0.25, -0.2) is 4.98 Å². The summed E-state index contributed by atoms with van der Waals surface area (Å²) < 4.78 is 10.7. The van der Waals surface area contributed by atoms with Crippen LogP contribution in [0.5, 0.6) is 5.75 Å². The summed E-state index contributed by atoms with van der Waals surface area (Å²) in [5, 5.41) is 2.87. The average molecular weight is 426 g/mol. The highest BCUT2D eigenvalue weighted by Gasteiger charge is 2.27. The molecule has 1 amide bonds. The highest BCUT2D eigenvalue weighted by atomic mass is 16.5. The zero-order valence-corrected chi connectivity index (χ0v) is 19.6. The van der Waals surface area contributed by atoms with Gasteiger partial charge in [0.2, 0.25) is 0 Å². The standard InChI is InChI=1S/C23H29N3O3.C2H6/c1-15-8-9-21(29-5)20(11-15)17(3)25-23(27)18-12-16(2)22(24-13-18)26-10-6-7-19(26)14-28-4;1-2/h8-9,11-13,19H,3,6-7,10,14H2,1-2,4-5H3,(H,25,27);1-2H3. The second-order valence-corrected chi connectivity index (χ2v) is 7.45. The van der Waals surface area contributed by atoms with Gasteiger partial charge in [-0.3, -0.25) is 4.79 Å². The summed E-state index contributed by atoms with van der Waals surface area (Å²) in [7, 11) is 3.32. The van der Waals surface area contributed by atoms with Gasteiger partial charge in [-0.2, -0.15) is 0 Å². The van der Waals surface area contributed by atoms with Gasteiger partial charge in [-0.1, -0.05) is 32.1 Å². The molecular weight excluding hydrogens is 390 g/mol. The molecular formula is C25H35N3O3. The van der Waals surface area contributed by atoms with E-state index in [1.54, 1.807) is 20.4 Å². The number of aromatic nitrogens is 1. The van der Waals surface area contributed by atoms with Crippen LogP contribution in [0.3, 0.4) is 0 Å². The predicted octanol–water partition coefficient (Wildman–Crippen LogP) is 4.75. The molecule has 2 aromatic rings. The molecule has 0 aliphatic carbocycles. The van der Waals surface area contributed by atoms with Crippen molar-refractivity contribution in [1.29, 1.82) is 0 Å². The third kappa shape index (κ3) is 5.85. The number of anilines is 1. The molecule has 1 aromatic heterocycles. The average Bonchev–Trinajstić information content (AvgIpc) is 3.23. The van der Waals surface area contributed by atoms with Crippen molar-refractivity contribution < 1.29 is 14.3 Å². The first-order valence-electron chi connectivity index (χ1n) is 10.8. The van der Waals surface area contributed by atoms with E-state index in [9.17, 15) is 4.79 Å². The highest BCUT2D eigenvalue weighted by molar-refractivity contribution is 5.99. The van der Waals surface area contributed by atoms with Gasteiger partial charge in [-0.05, 0) is 50.5 Å². The minimum Gasteiger partial charge on any atom is -0.496 e. The van der Waals surface area contributed by atoms with Crippen molar-refractivity contribution in [2.75, 3.05) is 32.3 Å². The minimum atomic E-state index is -0.240. The lowest BCUT2D eigenvalue weighted by Gasteiger charge is -2.26. The van der Waals surface area contributed by atoms with Crippen LogP contribution in [0.25, 0.3) is 5.70 Å². The number of carbonyl (C=O) groups is 1. The van der Waals surface area contributed by atoms with E-state index in [0.717, 1.165) is 41.9 Å².